The van der Waals surface area contributed by atoms with E-state index < -0.39 is 40.9 Å². The van der Waals surface area contributed by atoms with Gasteiger partial charge in [-0.25, -0.2) is 17.6 Å². The summed E-state index contributed by atoms with van der Waals surface area (Å²) in [5, 5.41) is 18.8. The summed E-state index contributed by atoms with van der Waals surface area (Å²) in [6.45, 7) is 0. The van der Waals surface area contributed by atoms with E-state index in [0.717, 1.165) is 0 Å². The predicted molar refractivity (Wildman–Crippen MR) is 36.2 cm³/mol. The number of aliphatic carboxylic acids is 1. The molecule has 0 aliphatic rings. The van der Waals surface area contributed by atoms with Gasteiger partial charge in [-0.2, -0.15) is 0 Å². The first-order valence-corrected chi connectivity index (χ1v) is 3.58. The molecule has 0 fully saturated rings. The lowest BCUT2D eigenvalue weighted by molar-refractivity contribution is -0.315. The van der Waals surface area contributed by atoms with Crippen LogP contribution in [0.15, 0.2) is 6.07 Å². The Morgan fingerprint density at radius 3 is 1.93 bits per heavy atom. The van der Waals surface area contributed by atoms with Crippen molar-refractivity contribution in [3.05, 3.63) is 34.9 Å². The SMILES string of the molecule is O=C([O-])[C@H](O)c1c(F)c(F)cc(F)c1F. The van der Waals surface area contributed by atoms with Crippen molar-refractivity contribution >= 4 is 5.97 Å². The number of benzene rings is 1. The summed E-state index contributed by atoms with van der Waals surface area (Å²) in [5.41, 5.74) is -1.62. The molecule has 1 atom stereocenters. The molecular formula is C8H3F4O3-. The minimum atomic E-state index is -2.77. The molecule has 0 radical (unpaired) electrons. The van der Waals surface area contributed by atoms with Gasteiger partial charge in [-0.15, -0.1) is 0 Å². The fourth-order valence-electron chi connectivity index (χ4n) is 0.950. The molecule has 0 unspecified atom stereocenters. The van der Waals surface area contributed by atoms with E-state index in [1.165, 1.54) is 0 Å². The Hall–Kier alpha value is -1.63. The first-order valence-electron chi connectivity index (χ1n) is 3.58. The topological polar surface area (TPSA) is 60.4 Å². The van der Waals surface area contributed by atoms with E-state index in [1.807, 2.05) is 0 Å². The van der Waals surface area contributed by atoms with Crippen molar-refractivity contribution < 1.29 is 32.6 Å². The minimum Gasteiger partial charge on any atom is -0.547 e. The van der Waals surface area contributed by atoms with Crippen LogP contribution in [0, 0.1) is 23.3 Å². The van der Waals surface area contributed by atoms with Crippen LogP contribution < -0.4 is 5.11 Å². The number of aliphatic hydroxyl groups excluding tert-OH is 1. The van der Waals surface area contributed by atoms with E-state index in [9.17, 15) is 27.5 Å². The van der Waals surface area contributed by atoms with Gasteiger partial charge in [0.25, 0.3) is 0 Å². The molecule has 3 nitrogen and oxygen atoms in total. The van der Waals surface area contributed by atoms with Crippen LogP contribution in [0.25, 0.3) is 0 Å². The van der Waals surface area contributed by atoms with Gasteiger partial charge >= 0.3 is 0 Å². The fourth-order valence-corrected chi connectivity index (χ4v) is 0.950. The molecule has 1 aromatic rings. The lowest BCUT2D eigenvalue weighted by atomic mass is 10.1. The third-order valence-corrected chi connectivity index (χ3v) is 1.64. The summed E-state index contributed by atoms with van der Waals surface area (Å²) in [6.07, 6.45) is -2.77. The Bertz CT molecular complexity index is 393. The Labute approximate surface area is 80.6 Å². The molecule has 15 heavy (non-hydrogen) atoms. The van der Waals surface area contributed by atoms with E-state index in [1.54, 1.807) is 0 Å². The van der Waals surface area contributed by atoms with Gasteiger partial charge in [0, 0.05) is 6.07 Å². The highest BCUT2D eigenvalue weighted by Gasteiger charge is 2.25. The highest BCUT2D eigenvalue weighted by Crippen LogP contribution is 2.24. The summed E-state index contributed by atoms with van der Waals surface area (Å²) in [7, 11) is 0. The molecule has 0 spiro atoms. The number of hydrogen-bond donors (Lipinski definition) is 1. The summed E-state index contributed by atoms with van der Waals surface area (Å²) >= 11 is 0. The zero-order valence-electron chi connectivity index (χ0n) is 6.93. The highest BCUT2D eigenvalue weighted by molar-refractivity contribution is 5.72. The van der Waals surface area contributed by atoms with Crippen molar-refractivity contribution in [2.75, 3.05) is 0 Å². The third-order valence-electron chi connectivity index (χ3n) is 1.64. The van der Waals surface area contributed by atoms with Crippen molar-refractivity contribution in [3.8, 4) is 0 Å². The van der Waals surface area contributed by atoms with Gasteiger partial charge in [0.05, 0.1) is 11.5 Å². The van der Waals surface area contributed by atoms with Crippen LogP contribution in [0.4, 0.5) is 17.6 Å². The van der Waals surface area contributed by atoms with Crippen LogP contribution >= 0.6 is 0 Å². The number of rotatable bonds is 2. The predicted octanol–water partition coefficient (Wildman–Crippen LogP) is 0.0263. The van der Waals surface area contributed by atoms with Crippen LogP contribution in [-0.2, 0) is 4.79 Å². The Morgan fingerprint density at radius 2 is 1.60 bits per heavy atom. The molecule has 0 saturated carbocycles. The average molecular weight is 223 g/mol. The van der Waals surface area contributed by atoms with Gasteiger partial charge in [0.2, 0.25) is 0 Å². The van der Waals surface area contributed by atoms with Crippen molar-refractivity contribution in [2.45, 2.75) is 6.10 Å². The molecule has 0 aliphatic heterocycles. The standard InChI is InChI=1S/C8H4F4O3/c9-2-1-3(10)6(12)4(5(2)11)7(13)8(14)15/h1,7,13H,(H,14,15)/p-1/t7-/m1/s1. The summed E-state index contributed by atoms with van der Waals surface area (Å²) in [6, 6.07) is -0.101. The zero-order valence-corrected chi connectivity index (χ0v) is 6.93. The van der Waals surface area contributed by atoms with Crippen LogP contribution in [0.1, 0.15) is 11.7 Å². The van der Waals surface area contributed by atoms with Gasteiger partial charge in [0.15, 0.2) is 23.3 Å². The monoisotopic (exact) mass is 223 g/mol. The quantitative estimate of drug-likeness (QED) is 0.568. The van der Waals surface area contributed by atoms with Crippen molar-refractivity contribution in [3.63, 3.8) is 0 Å². The number of carbonyl (C=O) groups is 1. The van der Waals surface area contributed by atoms with Crippen molar-refractivity contribution in [2.24, 2.45) is 0 Å². The average Bonchev–Trinajstić information content (AvgIpc) is 2.15. The highest BCUT2D eigenvalue weighted by atomic mass is 19.2. The summed E-state index contributed by atoms with van der Waals surface area (Å²) < 4.78 is 50.7. The molecule has 82 valence electrons. The smallest absolute Gasteiger partial charge is 0.168 e. The van der Waals surface area contributed by atoms with Crippen molar-refractivity contribution in [1.82, 2.24) is 0 Å². The number of halogens is 4. The molecule has 1 rings (SSSR count). The number of aliphatic hydroxyl groups is 1. The van der Waals surface area contributed by atoms with Crippen molar-refractivity contribution in [1.29, 1.82) is 0 Å². The van der Waals surface area contributed by atoms with E-state index in [4.69, 9.17) is 5.11 Å². The maximum absolute atomic E-state index is 12.8. The van der Waals surface area contributed by atoms with Crippen LogP contribution in [0.5, 0.6) is 0 Å². The summed E-state index contributed by atoms with van der Waals surface area (Å²) in [4.78, 5) is 10.1. The van der Waals surface area contributed by atoms with Gasteiger partial charge in [-0.1, -0.05) is 0 Å². The Balaban J connectivity index is 3.45. The van der Waals surface area contributed by atoms with Crippen LogP contribution in [0.3, 0.4) is 0 Å². The van der Waals surface area contributed by atoms with E-state index >= 15 is 0 Å². The first-order chi connectivity index (χ1) is 6.86. The van der Waals surface area contributed by atoms with E-state index in [-0.39, 0.29) is 6.07 Å². The van der Waals surface area contributed by atoms with Gasteiger partial charge < -0.3 is 15.0 Å². The molecular weight excluding hydrogens is 220 g/mol. The molecule has 1 aromatic carbocycles. The molecule has 0 saturated heterocycles. The number of carboxylic acids is 1. The number of hydrogen-bond acceptors (Lipinski definition) is 3. The maximum atomic E-state index is 12.8. The normalized spacial score (nSPS) is 12.6. The fraction of sp³-hybridized carbons (Fsp3) is 0.125. The van der Waals surface area contributed by atoms with Gasteiger partial charge in [-0.05, 0) is 0 Å². The van der Waals surface area contributed by atoms with Gasteiger partial charge in [0.1, 0.15) is 6.10 Å². The summed E-state index contributed by atoms with van der Waals surface area (Å²) in [5.74, 6) is -9.80. The van der Waals surface area contributed by atoms with Gasteiger partial charge in [-0.3, -0.25) is 0 Å². The maximum Gasteiger partial charge on any atom is 0.168 e. The molecule has 0 heterocycles. The Morgan fingerprint density at radius 1 is 1.20 bits per heavy atom. The van der Waals surface area contributed by atoms with E-state index in [0.29, 0.717) is 0 Å². The molecule has 1 N–H and O–H groups in total. The second kappa shape index (κ2) is 3.85. The molecule has 0 aliphatic carbocycles. The Kier molecular flexibility index (Phi) is 2.94. The number of carboxylic acid groups (broad SMARTS) is 1. The third kappa shape index (κ3) is 1.91. The van der Waals surface area contributed by atoms with Crippen LogP contribution in [0.2, 0.25) is 0 Å². The minimum absolute atomic E-state index is 0.101. The molecule has 0 aromatic heterocycles. The second-order valence-corrected chi connectivity index (χ2v) is 2.60. The lowest BCUT2D eigenvalue weighted by Crippen LogP contribution is -2.31. The van der Waals surface area contributed by atoms with E-state index in [2.05, 4.69) is 0 Å². The lowest BCUT2D eigenvalue weighted by Gasteiger charge is -2.14. The molecule has 7 heteroatoms. The van der Waals surface area contributed by atoms with Crippen LogP contribution in [-0.4, -0.2) is 11.1 Å². The number of carbonyl (C=O) groups excluding carboxylic acids is 1. The zero-order chi connectivity index (χ0) is 11.7. The largest absolute Gasteiger partial charge is 0.547 e. The molecule has 0 amide bonds. The molecule has 0 bridgehead atoms. The first kappa shape index (κ1) is 11.4. The second-order valence-electron chi connectivity index (χ2n) is 2.60.